The minimum atomic E-state index is -4.30. The molecule has 0 aromatic heterocycles. The maximum Gasteiger partial charge on any atom is 0.264 e. The van der Waals surface area contributed by atoms with Gasteiger partial charge >= 0.3 is 0 Å². The summed E-state index contributed by atoms with van der Waals surface area (Å²) in [6, 6.07) is 19.0. The molecule has 0 radical (unpaired) electrons. The molecule has 11 heteroatoms. The third-order valence-corrected chi connectivity index (χ3v) is 8.29. The van der Waals surface area contributed by atoms with Crippen LogP contribution in [0.2, 0.25) is 0 Å². The van der Waals surface area contributed by atoms with E-state index in [1.807, 2.05) is 58.0 Å². The summed E-state index contributed by atoms with van der Waals surface area (Å²) in [4.78, 5) is 28.6. The lowest BCUT2D eigenvalue weighted by Crippen LogP contribution is -2.54. The average Bonchev–Trinajstić information content (AvgIpc) is 2.98. The standard InChI is InChI=1S/C32H41N3O7S/c1-8-42-26-16-14-25(15-17-26)35(43(38,39)27-18-19-28(40-6)29(20-27)41-7)22-30(36)34(21-24-12-10-9-11-13-24)23(2)31(37)33-32(3,4)5/h9-20,23H,8,21-22H2,1-7H3,(H,33,37). The van der Waals surface area contributed by atoms with E-state index >= 15 is 0 Å². The fraction of sp³-hybridized carbons (Fsp3) is 0.375. The van der Waals surface area contributed by atoms with Gasteiger partial charge in [-0.05, 0) is 76.6 Å². The Bertz CT molecular complexity index is 1490. The summed E-state index contributed by atoms with van der Waals surface area (Å²) in [6.45, 7) is 9.01. The third-order valence-electron chi connectivity index (χ3n) is 6.52. The molecule has 232 valence electrons. The van der Waals surface area contributed by atoms with Crippen LogP contribution in [0.3, 0.4) is 0 Å². The monoisotopic (exact) mass is 611 g/mol. The largest absolute Gasteiger partial charge is 0.494 e. The van der Waals surface area contributed by atoms with Crippen molar-refractivity contribution in [3.63, 3.8) is 0 Å². The van der Waals surface area contributed by atoms with Crippen LogP contribution < -0.4 is 23.8 Å². The first-order valence-electron chi connectivity index (χ1n) is 13.9. The predicted molar refractivity (Wildman–Crippen MR) is 166 cm³/mol. The van der Waals surface area contributed by atoms with Crippen molar-refractivity contribution in [2.45, 2.75) is 57.6 Å². The van der Waals surface area contributed by atoms with Gasteiger partial charge in [-0.2, -0.15) is 0 Å². The van der Waals surface area contributed by atoms with Crippen LogP contribution in [0.5, 0.6) is 17.2 Å². The number of nitrogens with zero attached hydrogens (tertiary/aromatic N) is 2. The number of amides is 2. The summed E-state index contributed by atoms with van der Waals surface area (Å²) < 4.78 is 45.5. The number of ether oxygens (including phenoxy) is 3. The second kappa shape index (κ2) is 14.3. The number of rotatable bonds is 13. The molecule has 3 rings (SSSR count). The van der Waals surface area contributed by atoms with Crippen LogP contribution in [0.1, 0.15) is 40.2 Å². The van der Waals surface area contributed by atoms with E-state index in [4.69, 9.17) is 14.2 Å². The number of benzene rings is 3. The van der Waals surface area contributed by atoms with E-state index in [1.165, 1.54) is 37.3 Å². The molecule has 0 aliphatic carbocycles. The molecular formula is C32H41N3O7S. The van der Waals surface area contributed by atoms with Crippen LogP contribution in [0.4, 0.5) is 5.69 Å². The van der Waals surface area contributed by atoms with E-state index < -0.39 is 34.1 Å². The molecule has 0 aliphatic heterocycles. The van der Waals surface area contributed by atoms with Crippen LogP contribution in [0, 0.1) is 0 Å². The zero-order chi connectivity index (χ0) is 31.8. The first-order valence-corrected chi connectivity index (χ1v) is 15.4. The SMILES string of the molecule is CCOc1ccc(N(CC(=O)N(Cc2ccccc2)C(C)C(=O)NC(C)(C)C)S(=O)(=O)c2ccc(OC)c(OC)c2)cc1. The highest BCUT2D eigenvalue weighted by Crippen LogP contribution is 2.33. The number of nitrogens with one attached hydrogen (secondary N) is 1. The maximum atomic E-state index is 14.2. The second-order valence-electron chi connectivity index (χ2n) is 10.9. The third kappa shape index (κ3) is 8.63. The van der Waals surface area contributed by atoms with Gasteiger partial charge in [0.15, 0.2) is 11.5 Å². The van der Waals surface area contributed by atoms with Crippen molar-refractivity contribution >= 4 is 27.5 Å². The van der Waals surface area contributed by atoms with Crippen LogP contribution in [-0.2, 0) is 26.2 Å². The van der Waals surface area contributed by atoms with Gasteiger partial charge in [0.25, 0.3) is 10.0 Å². The van der Waals surface area contributed by atoms with E-state index in [2.05, 4.69) is 5.32 Å². The molecule has 3 aromatic carbocycles. The molecule has 0 fully saturated rings. The van der Waals surface area contributed by atoms with E-state index in [1.54, 1.807) is 31.2 Å². The number of hydrogen-bond acceptors (Lipinski definition) is 7. The molecule has 0 aliphatic rings. The Labute approximate surface area is 254 Å². The Balaban J connectivity index is 2.08. The number of carbonyl (C=O) groups excluding carboxylic acids is 2. The van der Waals surface area contributed by atoms with Crippen LogP contribution in [0.25, 0.3) is 0 Å². The quantitative estimate of drug-likeness (QED) is 0.300. The predicted octanol–water partition coefficient (Wildman–Crippen LogP) is 4.63. The van der Waals surface area contributed by atoms with Gasteiger partial charge < -0.3 is 24.4 Å². The average molecular weight is 612 g/mol. The summed E-state index contributed by atoms with van der Waals surface area (Å²) in [5.41, 5.74) is 0.512. The summed E-state index contributed by atoms with van der Waals surface area (Å²) >= 11 is 0. The number of methoxy groups -OCH3 is 2. The number of carbonyl (C=O) groups is 2. The maximum absolute atomic E-state index is 14.2. The van der Waals surface area contributed by atoms with Crippen molar-refractivity contribution in [3.8, 4) is 17.2 Å². The van der Waals surface area contributed by atoms with Gasteiger partial charge in [-0.3, -0.25) is 13.9 Å². The van der Waals surface area contributed by atoms with Crippen LogP contribution >= 0.6 is 0 Å². The molecular weight excluding hydrogens is 570 g/mol. The van der Waals surface area contributed by atoms with Gasteiger partial charge in [-0.1, -0.05) is 30.3 Å². The zero-order valence-corrected chi connectivity index (χ0v) is 26.6. The van der Waals surface area contributed by atoms with Gasteiger partial charge in [0, 0.05) is 18.2 Å². The molecule has 2 amide bonds. The van der Waals surface area contributed by atoms with E-state index in [0.29, 0.717) is 18.1 Å². The Kier molecular flexibility index (Phi) is 11.0. The lowest BCUT2D eigenvalue weighted by atomic mass is 10.1. The molecule has 10 nitrogen and oxygen atoms in total. The van der Waals surface area contributed by atoms with Crippen molar-refractivity contribution in [3.05, 3.63) is 78.4 Å². The van der Waals surface area contributed by atoms with Gasteiger partial charge in [0.05, 0.1) is 31.4 Å². The van der Waals surface area contributed by atoms with Gasteiger partial charge in [-0.25, -0.2) is 8.42 Å². The van der Waals surface area contributed by atoms with Crippen molar-refractivity contribution in [1.29, 1.82) is 0 Å². The van der Waals surface area contributed by atoms with Crippen molar-refractivity contribution in [2.24, 2.45) is 0 Å². The molecule has 0 spiro atoms. The summed E-state index contributed by atoms with van der Waals surface area (Å²) in [7, 11) is -1.44. The van der Waals surface area contributed by atoms with E-state index in [9.17, 15) is 18.0 Å². The molecule has 0 bridgehead atoms. The van der Waals surface area contributed by atoms with Gasteiger partial charge in [-0.15, -0.1) is 0 Å². The minimum Gasteiger partial charge on any atom is -0.494 e. The Hall–Kier alpha value is -4.25. The van der Waals surface area contributed by atoms with Crippen LogP contribution in [0.15, 0.2) is 77.7 Å². The molecule has 0 heterocycles. The van der Waals surface area contributed by atoms with E-state index in [-0.39, 0.29) is 28.8 Å². The molecule has 0 saturated carbocycles. The molecule has 0 saturated heterocycles. The first kappa shape index (κ1) is 33.3. The molecule has 3 aromatic rings. The van der Waals surface area contributed by atoms with Crippen molar-refractivity contribution in [2.75, 3.05) is 31.7 Å². The number of hydrogen-bond donors (Lipinski definition) is 1. The summed E-state index contributed by atoms with van der Waals surface area (Å²) in [5.74, 6) is 0.224. The Morgan fingerprint density at radius 2 is 1.53 bits per heavy atom. The highest BCUT2D eigenvalue weighted by Gasteiger charge is 2.34. The van der Waals surface area contributed by atoms with Gasteiger partial charge in [0.1, 0.15) is 18.3 Å². The first-order chi connectivity index (χ1) is 20.3. The van der Waals surface area contributed by atoms with Crippen LogP contribution in [-0.4, -0.2) is 64.1 Å². The lowest BCUT2D eigenvalue weighted by molar-refractivity contribution is -0.140. The molecule has 43 heavy (non-hydrogen) atoms. The zero-order valence-electron chi connectivity index (χ0n) is 25.8. The Morgan fingerprint density at radius 1 is 0.907 bits per heavy atom. The topological polar surface area (TPSA) is 114 Å². The fourth-order valence-corrected chi connectivity index (χ4v) is 5.78. The highest BCUT2D eigenvalue weighted by molar-refractivity contribution is 7.92. The summed E-state index contributed by atoms with van der Waals surface area (Å²) in [6.07, 6.45) is 0. The molecule has 1 atom stereocenters. The molecule has 1 unspecified atom stereocenters. The van der Waals surface area contributed by atoms with E-state index in [0.717, 1.165) is 9.87 Å². The highest BCUT2D eigenvalue weighted by atomic mass is 32.2. The molecule has 1 N–H and O–H groups in total. The smallest absolute Gasteiger partial charge is 0.264 e. The lowest BCUT2D eigenvalue weighted by Gasteiger charge is -2.33. The van der Waals surface area contributed by atoms with Crippen molar-refractivity contribution < 1.29 is 32.2 Å². The van der Waals surface area contributed by atoms with Gasteiger partial charge in [0.2, 0.25) is 11.8 Å². The second-order valence-corrected chi connectivity index (χ2v) is 12.7. The Morgan fingerprint density at radius 3 is 2.09 bits per heavy atom. The minimum absolute atomic E-state index is 0.0973. The number of sulfonamides is 1. The van der Waals surface area contributed by atoms with Crippen molar-refractivity contribution in [1.82, 2.24) is 10.2 Å². The summed E-state index contributed by atoms with van der Waals surface area (Å²) in [5, 5.41) is 2.92. The normalized spacial score (nSPS) is 12.2. The number of anilines is 1. The fourth-order valence-electron chi connectivity index (χ4n) is 4.35.